The highest BCUT2D eigenvalue weighted by Gasteiger charge is 2.44. The Morgan fingerprint density at radius 3 is 2.57 bits per heavy atom. The first-order chi connectivity index (χ1) is 14.3. The first-order valence-corrected chi connectivity index (χ1v) is 9.15. The number of carboxylic acid groups (broad SMARTS) is 1. The van der Waals surface area contributed by atoms with Crippen LogP contribution in [0, 0.1) is 0 Å². The van der Waals surface area contributed by atoms with Crippen molar-refractivity contribution in [3.05, 3.63) is 48.4 Å². The maximum Gasteiger partial charge on any atom is 0.370 e. The van der Waals surface area contributed by atoms with E-state index < -0.39 is 54.6 Å². The van der Waals surface area contributed by atoms with E-state index in [1.807, 2.05) is 30.3 Å². The summed E-state index contributed by atoms with van der Waals surface area (Å²) >= 11 is 0. The van der Waals surface area contributed by atoms with Gasteiger partial charge < -0.3 is 30.5 Å². The number of carbonyl (C=O) groups is 2. The van der Waals surface area contributed by atoms with E-state index in [0.717, 1.165) is 5.56 Å². The summed E-state index contributed by atoms with van der Waals surface area (Å²) in [6.45, 7) is 0.461. The Bertz CT molecular complexity index is 930. The van der Waals surface area contributed by atoms with Crippen LogP contribution in [0.1, 0.15) is 13.0 Å². The Balaban J connectivity index is 2.04. The summed E-state index contributed by atoms with van der Waals surface area (Å²) in [6, 6.07) is 7.25. The molecule has 0 radical (unpaired) electrons. The lowest BCUT2D eigenvalue weighted by Gasteiger charge is -2.39. The molecule has 3 rings (SSSR count). The van der Waals surface area contributed by atoms with Gasteiger partial charge in [-0.25, -0.2) is 9.48 Å². The molecule has 11 nitrogen and oxygen atoms in total. The van der Waals surface area contributed by atoms with Crippen LogP contribution in [0.4, 0.5) is 0 Å². The zero-order valence-electron chi connectivity index (χ0n) is 16.0. The number of nitrogens with one attached hydrogen (secondary N) is 1. The van der Waals surface area contributed by atoms with E-state index >= 15 is 0 Å². The Kier molecular flexibility index (Phi) is 6.45. The zero-order valence-corrected chi connectivity index (χ0v) is 16.0. The third kappa shape index (κ3) is 4.48. The van der Waals surface area contributed by atoms with Gasteiger partial charge in [-0.15, -0.1) is 5.10 Å². The van der Waals surface area contributed by atoms with Crippen molar-refractivity contribution in [3.63, 3.8) is 0 Å². The van der Waals surface area contributed by atoms with Gasteiger partial charge in [0.05, 0.1) is 24.9 Å². The van der Waals surface area contributed by atoms with E-state index in [9.17, 15) is 30.0 Å². The van der Waals surface area contributed by atoms with Gasteiger partial charge in [-0.3, -0.25) is 4.79 Å². The SMILES string of the molecule is CC(=O)N[C@H]1[C@H]([C@H](O)C(O)CO)OC(C(=O)O)=C[C@@H]1n1cc(-c2ccccc2)nn1. The van der Waals surface area contributed by atoms with Crippen LogP contribution in [0.2, 0.25) is 0 Å². The van der Waals surface area contributed by atoms with Crippen LogP contribution in [0.15, 0.2) is 48.4 Å². The average Bonchev–Trinajstić information content (AvgIpc) is 3.23. The number of carbonyl (C=O) groups excluding carboxylic acids is 1. The number of aromatic nitrogens is 3. The third-order valence-electron chi connectivity index (χ3n) is 4.69. The van der Waals surface area contributed by atoms with Gasteiger partial charge in [0.25, 0.3) is 0 Å². The Morgan fingerprint density at radius 1 is 1.27 bits per heavy atom. The van der Waals surface area contributed by atoms with Crippen molar-refractivity contribution in [2.75, 3.05) is 6.61 Å². The van der Waals surface area contributed by atoms with Gasteiger partial charge in [0, 0.05) is 12.5 Å². The predicted octanol–water partition coefficient (Wildman–Crippen LogP) is -0.928. The van der Waals surface area contributed by atoms with Crippen molar-refractivity contribution < 1.29 is 34.8 Å². The molecule has 0 saturated carbocycles. The second kappa shape index (κ2) is 9.03. The summed E-state index contributed by atoms with van der Waals surface area (Å²) < 4.78 is 6.70. The van der Waals surface area contributed by atoms with Crippen LogP contribution >= 0.6 is 0 Å². The number of aliphatic hydroxyl groups is 3. The summed E-state index contributed by atoms with van der Waals surface area (Å²) in [5.74, 6) is -2.37. The maximum atomic E-state index is 11.8. The Morgan fingerprint density at radius 2 is 1.97 bits per heavy atom. The van der Waals surface area contributed by atoms with Gasteiger partial charge in [0.15, 0.2) is 0 Å². The molecule has 2 aromatic rings. The van der Waals surface area contributed by atoms with Gasteiger partial charge in [0.1, 0.15) is 24.0 Å². The van der Waals surface area contributed by atoms with Crippen LogP contribution in [0.3, 0.4) is 0 Å². The molecule has 0 spiro atoms. The van der Waals surface area contributed by atoms with Crippen molar-refractivity contribution in [2.24, 2.45) is 0 Å². The largest absolute Gasteiger partial charge is 0.478 e. The highest BCUT2D eigenvalue weighted by atomic mass is 16.5. The molecular weight excluding hydrogens is 396 g/mol. The summed E-state index contributed by atoms with van der Waals surface area (Å²) in [4.78, 5) is 23.4. The quantitative estimate of drug-likeness (QED) is 0.382. The molecule has 1 aromatic carbocycles. The van der Waals surface area contributed by atoms with Gasteiger partial charge in [-0.2, -0.15) is 0 Å². The minimum Gasteiger partial charge on any atom is -0.478 e. The molecule has 0 bridgehead atoms. The van der Waals surface area contributed by atoms with Crippen LogP contribution in [-0.2, 0) is 14.3 Å². The number of rotatable bonds is 7. The number of hydrogen-bond donors (Lipinski definition) is 5. The normalized spacial score (nSPS) is 23.1. The minimum atomic E-state index is -1.69. The maximum absolute atomic E-state index is 11.8. The van der Waals surface area contributed by atoms with Crippen molar-refractivity contribution in [1.29, 1.82) is 0 Å². The van der Waals surface area contributed by atoms with Crippen LogP contribution < -0.4 is 5.32 Å². The Hall–Kier alpha value is -3.28. The molecule has 2 heterocycles. The second-order valence-electron chi connectivity index (χ2n) is 6.83. The highest BCUT2D eigenvalue weighted by molar-refractivity contribution is 5.84. The molecule has 30 heavy (non-hydrogen) atoms. The number of nitrogens with zero attached hydrogens (tertiary/aromatic N) is 3. The standard InChI is InChI=1S/C19H22N4O7/c1-10(25)20-16-13(23-8-12(21-22-23)11-5-3-2-4-6-11)7-15(19(28)29)30-18(16)17(27)14(26)9-24/h2-8,13-14,16-18,24,26-27H,9H2,1H3,(H,20,25)(H,28,29)/t13-,14?,16+,17+,18+/m0/s1. The summed E-state index contributed by atoms with van der Waals surface area (Å²) in [5.41, 5.74) is 1.29. The number of carboxylic acids is 1. The fourth-order valence-corrected chi connectivity index (χ4v) is 3.25. The average molecular weight is 418 g/mol. The lowest BCUT2D eigenvalue weighted by molar-refractivity contribution is -0.147. The van der Waals surface area contributed by atoms with Crippen LogP contribution in [0.25, 0.3) is 11.3 Å². The molecule has 0 saturated heterocycles. The van der Waals surface area contributed by atoms with Gasteiger partial charge >= 0.3 is 5.97 Å². The summed E-state index contributed by atoms with van der Waals surface area (Å²) in [6.07, 6.45) is -1.87. The van der Waals surface area contributed by atoms with E-state index in [0.29, 0.717) is 5.69 Å². The lowest BCUT2D eigenvalue weighted by Crippen LogP contribution is -2.58. The van der Waals surface area contributed by atoms with E-state index in [1.165, 1.54) is 17.7 Å². The molecule has 1 aliphatic rings. The van der Waals surface area contributed by atoms with Gasteiger partial charge in [0.2, 0.25) is 11.7 Å². The zero-order chi connectivity index (χ0) is 21.8. The van der Waals surface area contributed by atoms with Gasteiger partial charge in [-0.05, 0) is 6.08 Å². The molecule has 0 fully saturated rings. The van der Waals surface area contributed by atoms with E-state index in [2.05, 4.69) is 15.6 Å². The van der Waals surface area contributed by atoms with Crippen LogP contribution in [0.5, 0.6) is 0 Å². The first kappa shape index (κ1) is 21.4. The highest BCUT2D eigenvalue weighted by Crippen LogP contribution is 2.30. The molecule has 1 aromatic heterocycles. The smallest absolute Gasteiger partial charge is 0.370 e. The molecule has 0 aliphatic carbocycles. The number of aliphatic carboxylic acids is 1. The third-order valence-corrected chi connectivity index (χ3v) is 4.69. The summed E-state index contributed by atoms with van der Waals surface area (Å²) in [5, 5.41) is 49.7. The molecule has 160 valence electrons. The van der Waals surface area contributed by atoms with Crippen molar-refractivity contribution in [1.82, 2.24) is 20.3 Å². The number of hydrogen-bond acceptors (Lipinski definition) is 8. The molecule has 5 atom stereocenters. The topological polar surface area (TPSA) is 167 Å². The molecule has 1 aliphatic heterocycles. The fraction of sp³-hybridized carbons (Fsp3) is 0.368. The molecule has 1 unspecified atom stereocenters. The van der Waals surface area contributed by atoms with E-state index in [1.54, 1.807) is 6.20 Å². The van der Waals surface area contributed by atoms with E-state index in [4.69, 9.17) is 4.74 Å². The van der Waals surface area contributed by atoms with Crippen LogP contribution in [-0.4, -0.2) is 78.3 Å². The summed E-state index contributed by atoms with van der Waals surface area (Å²) in [7, 11) is 0. The Labute approximate surface area is 171 Å². The van der Waals surface area contributed by atoms with Crippen molar-refractivity contribution >= 4 is 11.9 Å². The molecular formula is C19H22N4O7. The second-order valence-corrected chi connectivity index (χ2v) is 6.83. The number of amides is 1. The minimum absolute atomic E-state index is 0.472. The molecule has 1 amide bonds. The number of aliphatic hydroxyl groups excluding tert-OH is 3. The number of ether oxygens (including phenoxy) is 1. The first-order valence-electron chi connectivity index (χ1n) is 9.15. The fourth-order valence-electron chi connectivity index (χ4n) is 3.25. The molecule has 5 N–H and O–H groups in total. The van der Waals surface area contributed by atoms with Crippen molar-refractivity contribution in [2.45, 2.75) is 37.3 Å². The van der Waals surface area contributed by atoms with E-state index in [-0.39, 0.29) is 0 Å². The monoisotopic (exact) mass is 418 g/mol. The number of benzene rings is 1. The van der Waals surface area contributed by atoms with Gasteiger partial charge in [-0.1, -0.05) is 35.5 Å². The lowest BCUT2D eigenvalue weighted by atomic mass is 9.92. The predicted molar refractivity (Wildman–Crippen MR) is 102 cm³/mol. The van der Waals surface area contributed by atoms with Crippen molar-refractivity contribution in [3.8, 4) is 11.3 Å². The molecule has 11 heteroatoms.